The summed E-state index contributed by atoms with van der Waals surface area (Å²) in [4.78, 5) is 21.6. The molecule has 120 valence electrons. The van der Waals surface area contributed by atoms with Crippen molar-refractivity contribution < 1.29 is 4.79 Å². The van der Waals surface area contributed by atoms with Crippen molar-refractivity contribution in [1.29, 1.82) is 0 Å². The van der Waals surface area contributed by atoms with Crippen molar-refractivity contribution in [2.45, 2.75) is 12.5 Å². The Morgan fingerprint density at radius 2 is 2.04 bits per heavy atom. The Balaban J connectivity index is 1.48. The number of piperazine rings is 1. The average Bonchev–Trinajstić information content (AvgIpc) is 3.11. The van der Waals surface area contributed by atoms with E-state index in [-0.39, 0.29) is 5.91 Å². The summed E-state index contributed by atoms with van der Waals surface area (Å²) in [6.07, 6.45) is 2.86. The van der Waals surface area contributed by atoms with E-state index >= 15 is 0 Å². The lowest BCUT2D eigenvalue weighted by atomic mass is 10.1. The van der Waals surface area contributed by atoms with Gasteiger partial charge in [0, 0.05) is 62.5 Å². The molecule has 0 spiro atoms. The molecule has 1 amide bonds. The molecule has 5 heteroatoms. The number of fused-ring (bicyclic) bond motifs is 1. The second-order valence-corrected chi connectivity index (χ2v) is 6.39. The summed E-state index contributed by atoms with van der Waals surface area (Å²) in [5, 5.41) is 4.41. The molecular formula is C18H22N4O. The second-order valence-electron chi connectivity index (χ2n) is 6.39. The summed E-state index contributed by atoms with van der Waals surface area (Å²) in [6, 6.07) is 10.2. The van der Waals surface area contributed by atoms with Crippen LogP contribution in [-0.4, -0.2) is 66.0 Å². The predicted octanol–water partition coefficient (Wildman–Crippen LogP) is 1.35. The number of pyridine rings is 1. The minimum absolute atomic E-state index is 0.147. The molecule has 2 saturated heterocycles. The monoisotopic (exact) mass is 310 g/mol. The Morgan fingerprint density at radius 1 is 1.17 bits per heavy atom. The normalized spacial score (nSPS) is 22.6. The number of hydrogen-bond donors (Lipinski definition) is 1. The van der Waals surface area contributed by atoms with Crippen LogP contribution in [0.25, 0.3) is 10.9 Å². The quantitative estimate of drug-likeness (QED) is 0.910. The number of likely N-dealkylation sites (tertiary alicyclic amines) is 1. The van der Waals surface area contributed by atoms with Crippen LogP contribution in [0.15, 0.2) is 36.5 Å². The van der Waals surface area contributed by atoms with Crippen molar-refractivity contribution in [3.05, 3.63) is 42.1 Å². The van der Waals surface area contributed by atoms with E-state index in [2.05, 4.69) is 15.2 Å². The Kier molecular flexibility index (Phi) is 3.97. The van der Waals surface area contributed by atoms with E-state index in [0.717, 1.165) is 62.2 Å². The zero-order valence-electron chi connectivity index (χ0n) is 13.2. The maximum atomic E-state index is 12.8. The predicted molar refractivity (Wildman–Crippen MR) is 90.5 cm³/mol. The van der Waals surface area contributed by atoms with Crippen molar-refractivity contribution in [1.82, 2.24) is 20.1 Å². The number of rotatable bonds is 2. The minimum atomic E-state index is 0.147. The third kappa shape index (κ3) is 2.94. The molecule has 2 aliphatic heterocycles. The van der Waals surface area contributed by atoms with Crippen molar-refractivity contribution in [3.63, 3.8) is 0 Å². The molecule has 1 N–H and O–H groups in total. The lowest BCUT2D eigenvalue weighted by molar-refractivity contribution is 0.0773. The van der Waals surface area contributed by atoms with Crippen LogP contribution in [0.4, 0.5) is 0 Å². The largest absolute Gasteiger partial charge is 0.337 e. The van der Waals surface area contributed by atoms with Crippen molar-refractivity contribution in [2.24, 2.45) is 0 Å². The van der Waals surface area contributed by atoms with Crippen LogP contribution in [0.1, 0.15) is 16.8 Å². The fourth-order valence-electron chi connectivity index (χ4n) is 3.66. The molecule has 0 saturated carbocycles. The first kappa shape index (κ1) is 14.6. The first-order chi connectivity index (χ1) is 11.3. The highest BCUT2D eigenvalue weighted by Crippen LogP contribution is 2.20. The molecule has 1 aromatic heterocycles. The molecule has 1 atom stereocenters. The summed E-state index contributed by atoms with van der Waals surface area (Å²) in [5.74, 6) is 0.147. The van der Waals surface area contributed by atoms with Gasteiger partial charge < -0.3 is 10.2 Å². The Bertz CT molecular complexity index is 711. The van der Waals surface area contributed by atoms with E-state index in [4.69, 9.17) is 0 Å². The summed E-state index contributed by atoms with van der Waals surface area (Å²) in [7, 11) is 0. The minimum Gasteiger partial charge on any atom is -0.337 e. The third-order valence-corrected chi connectivity index (χ3v) is 4.97. The summed E-state index contributed by atoms with van der Waals surface area (Å²) >= 11 is 0. The molecule has 4 rings (SSSR count). The average molecular weight is 310 g/mol. The molecule has 2 fully saturated rings. The van der Waals surface area contributed by atoms with Gasteiger partial charge in [-0.15, -0.1) is 0 Å². The van der Waals surface area contributed by atoms with Gasteiger partial charge in [0.25, 0.3) is 5.91 Å². The van der Waals surface area contributed by atoms with Crippen LogP contribution in [0.3, 0.4) is 0 Å². The molecule has 23 heavy (non-hydrogen) atoms. The van der Waals surface area contributed by atoms with Gasteiger partial charge in [-0.1, -0.05) is 6.07 Å². The van der Waals surface area contributed by atoms with Gasteiger partial charge in [-0.05, 0) is 30.7 Å². The van der Waals surface area contributed by atoms with Crippen molar-refractivity contribution in [2.75, 3.05) is 39.3 Å². The number of carbonyl (C=O) groups is 1. The van der Waals surface area contributed by atoms with Gasteiger partial charge in [0.15, 0.2) is 0 Å². The van der Waals surface area contributed by atoms with Gasteiger partial charge in [-0.3, -0.25) is 14.7 Å². The Morgan fingerprint density at radius 3 is 2.91 bits per heavy atom. The summed E-state index contributed by atoms with van der Waals surface area (Å²) in [5.41, 5.74) is 1.70. The standard InChI is InChI=1S/C18H22N4O/c23-18(15-3-4-17-14(12-15)2-1-6-20-17)22-9-5-16(13-22)21-10-7-19-8-11-21/h1-4,6,12,16,19H,5,7-11,13H2. The van der Waals surface area contributed by atoms with Crippen molar-refractivity contribution >= 4 is 16.8 Å². The summed E-state index contributed by atoms with van der Waals surface area (Å²) < 4.78 is 0. The number of benzene rings is 1. The first-order valence-corrected chi connectivity index (χ1v) is 8.40. The number of nitrogens with zero attached hydrogens (tertiary/aromatic N) is 3. The molecule has 2 aliphatic rings. The van der Waals surface area contributed by atoms with Crippen LogP contribution in [0.2, 0.25) is 0 Å². The lowest BCUT2D eigenvalue weighted by Gasteiger charge is -2.32. The van der Waals surface area contributed by atoms with Gasteiger partial charge in [0.05, 0.1) is 5.52 Å². The molecule has 2 aromatic rings. The van der Waals surface area contributed by atoms with Gasteiger partial charge in [-0.2, -0.15) is 0 Å². The van der Waals surface area contributed by atoms with Crippen LogP contribution < -0.4 is 5.32 Å². The smallest absolute Gasteiger partial charge is 0.253 e. The van der Waals surface area contributed by atoms with E-state index in [9.17, 15) is 4.79 Å². The van der Waals surface area contributed by atoms with Crippen LogP contribution in [0, 0.1) is 0 Å². The fourth-order valence-corrected chi connectivity index (χ4v) is 3.66. The number of carbonyl (C=O) groups excluding carboxylic acids is 1. The van der Waals surface area contributed by atoms with E-state index in [1.807, 2.05) is 35.2 Å². The highest BCUT2D eigenvalue weighted by Gasteiger charge is 2.31. The molecule has 0 aliphatic carbocycles. The highest BCUT2D eigenvalue weighted by molar-refractivity contribution is 5.98. The van der Waals surface area contributed by atoms with E-state index in [1.165, 1.54) is 0 Å². The molecule has 5 nitrogen and oxygen atoms in total. The van der Waals surface area contributed by atoms with Gasteiger partial charge in [0.1, 0.15) is 0 Å². The fraction of sp³-hybridized carbons (Fsp3) is 0.444. The molecule has 0 bridgehead atoms. The zero-order valence-corrected chi connectivity index (χ0v) is 13.2. The Hall–Kier alpha value is -1.98. The van der Waals surface area contributed by atoms with Crippen LogP contribution >= 0.6 is 0 Å². The number of nitrogens with one attached hydrogen (secondary N) is 1. The number of aromatic nitrogens is 1. The van der Waals surface area contributed by atoms with E-state index in [0.29, 0.717) is 6.04 Å². The lowest BCUT2D eigenvalue weighted by Crippen LogP contribution is -2.49. The zero-order chi connectivity index (χ0) is 15.6. The molecule has 3 heterocycles. The van der Waals surface area contributed by atoms with Crippen LogP contribution in [-0.2, 0) is 0 Å². The molecule has 1 unspecified atom stereocenters. The molecular weight excluding hydrogens is 288 g/mol. The first-order valence-electron chi connectivity index (χ1n) is 8.40. The van der Waals surface area contributed by atoms with E-state index in [1.54, 1.807) is 6.20 Å². The molecule has 0 radical (unpaired) electrons. The highest BCUT2D eigenvalue weighted by atomic mass is 16.2. The number of hydrogen-bond acceptors (Lipinski definition) is 4. The third-order valence-electron chi connectivity index (χ3n) is 4.97. The van der Waals surface area contributed by atoms with Gasteiger partial charge in [0.2, 0.25) is 0 Å². The van der Waals surface area contributed by atoms with E-state index < -0.39 is 0 Å². The maximum Gasteiger partial charge on any atom is 0.253 e. The van der Waals surface area contributed by atoms with Gasteiger partial charge >= 0.3 is 0 Å². The number of amides is 1. The Labute approximate surface area is 136 Å². The SMILES string of the molecule is O=C(c1ccc2ncccc2c1)N1CCC(N2CCNCC2)C1. The van der Waals surface area contributed by atoms with Crippen molar-refractivity contribution in [3.8, 4) is 0 Å². The summed E-state index contributed by atoms with van der Waals surface area (Å²) in [6.45, 7) is 6.01. The van der Waals surface area contributed by atoms with Gasteiger partial charge in [-0.25, -0.2) is 0 Å². The molecule has 1 aromatic carbocycles. The second kappa shape index (κ2) is 6.26. The topological polar surface area (TPSA) is 48.5 Å². The van der Waals surface area contributed by atoms with Crippen LogP contribution in [0.5, 0.6) is 0 Å². The maximum absolute atomic E-state index is 12.8.